The molecule has 2 aliphatic rings. The number of alkyl halides is 2. The molecule has 5 heteroatoms. The maximum atomic E-state index is 14.8. The largest absolute Gasteiger partial charge is 0.432 e. The fourth-order valence-corrected chi connectivity index (χ4v) is 6.00. The maximum Gasteiger partial charge on any atom is 0.387 e. The SMILES string of the molecule is CCCCCC1CCC2CC(c3cc(F)c4cc(OC(F)F)c(F)cc4c3)CCC2C1. The van der Waals surface area contributed by atoms with Crippen LogP contribution in [0.3, 0.4) is 0 Å². The van der Waals surface area contributed by atoms with Gasteiger partial charge in [0, 0.05) is 5.39 Å². The van der Waals surface area contributed by atoms with Crippen molar-refractivity contribution in [2.45, 2.75) is 83.7 Å². The van der Waals surface area contributed by atoms with Crippen molar-refractivity contribution in [3.05, 3.63) is 41.5 Å². The summed E-state index contributed by atoms with van der Waals surface area (Å²) in [5.41, 5.74) is 0.899. The lowest BCUT2D eigenvalue weighted by Crippen LogP contribution is -2.30. The zero-order valence-electron chi connectivity index (χ0n) is 18.2. The maximum absolute atomic E-state index is 14.8. The van der Waals surface area contributed by atoms with Gasteiger partial charge in [0.1, 0.15) is 5.82 Å². The number of fused-ring (bicyclic) bond motifs is 2. The number of unbranched alkanes of at least 4 members (excludes halogenated alkanes) is 2. The Hall–Kier alpha value is -1.78. The Balaban J connectivity index is 1.46. The molecule has 1 nitrogen and oxygen atoms in total. The van der Waals surface area contributed by atoms with E-state index in [2.05, 4.69) is 11.7 Å². The Morgan fingerprint density at radius 3 is 2.45 bits per heavy atom. The summed E-state index contributed by atoms with van der Waals surface area (Å²) in [7, 11) is 0. The van der Waals surface area contributed by atoms with Crippen LogP contribution in [0.15, 0.2) is 24.3 Å². The van der Waals surface area contributed by atoms with Crippen LogP contribution in [0.2, 0.25) is 0 Å². The van der Waals surface area contributed by atoms with Crippen molar-refractivity contribution in [3.63, 3.8) is 0 Å². The molecule has 4 unspecified atom stereocenters. The van der Waals surface area contributed by atoms with Crippen LogP contribution in [0.25, 0.3) is 10.8 Å². The third kappa shape index (κ3) is 5.18. The number of halogens is 4. The van der Waals surface area contributed by atoms with Crippen LogP contribution in [0.4, 0.5) is 17.6 Å². The normalized spacial score (nSPS) is 26.3. The summed E-state index contributed by atoms with van der Waals surface area (Å²) in [5.74, 6) is 0.604. The highest BCUT2D eigenvalue weighted by molar-refractivity contribution is 5.85. The highest BCUT2D eigenvalue weighted by atomic mass is 19.3. The van der Waals surface area contributed by atoms with E-state index in [4.69, 9.17) is 0 Å². The van der Waals surface area contributed by atoms with Gasteiger partial charge in [-0.2, -0.15) is 8.78 Å². The number of ether oxygens (including phenoxy) is 1. The summed E-state index contributed by atoms with van der Waals surface area (Å²) in [6.45, 7) is -0.899. The standard InChI is InChI=1S/C26H32F4O/c1-2-3-4-5-16-6-7-18-11-19(9-8-17(18)10-16)20-12-21-14-24(28)25(31-26(29)30)15-22(21)23(27)13-20/h12-19,26H,2-11H2,1H3. The van der Waals surface area contributed by atoms with Gasteiger partial charge < -0.3 is 4.74 Å². The Labute approximate surface area is 182 Å². The molecule has 2 fully saturated rings. The molecule has 2 aromatic rings. The van der Waals surface area contributed by atoms with E-state index in [9.17, 15) is 17.6 Å². The Kier molecular flexibility index (Phi) is 7.08. The van der Waals surface area contributed by atoms with Gasteiger partial charge in [0.15, 0.2) is 11.6 Å². The molecule has 2 aromatic carbocycles. The molecule has 31 heavy (non-hydrogen) atoms. The van der Waals surface area contributed by atoms with E-state index in [1.165, 1.54) is 57.4 Å². The van der Waals surface area contributed by atoms with Gasteiger partial charge in [-0.25, -0.2) is 8.78 Å². The molecule has 2 saturated carbocycles. The molecule has 4 rings (SSSR count). The summed E-state index contributed by atoms with van der Waals surface area (Å²) in [6.07, 6.45) is 12.5. The molecule has 0 aliphatic heterocycles. The van der Waals surface area contributed by atoms with Gasteiger partial charge in [0.2, 0.25) is 0 Å². The highest BCUT2D eigenvalue weighted by Gasteiger charge is 2.36. The monoisotopic (exact) mass is 436 g/mol. The smallest absolute Gasteiger partial charge is 0.387 e. The Morgan fingerprint density at radius 1 is 0.903 bits per heavy atom. The van der Waals surface area contributed by atoms with Gasteiger partial charge in [-0.15, -0.1) is 0 Å². The van der Waals surface area contributed by atoms with Gasteiger partial charge in [-0.1, -0.05) is 45.1 Å². The van der Waals surface area contributed by atoms with Crippen LogP contribution in [0.1, 0.15) is 82.6 Å². The Bertz CT molecular complexity index is 897. The average Bonchev–Trinajstić information content (AvgIpc) is 2.74. The van der Waals surface area contributed by atoms with E-state index in [1.807, 2.05) is 6.07 Å². The van der Waals surface area contributed by atoms with Crippen molar-refractivity contribution in [2.24, 2.45) is 17.8 Å². The topological polar surface area (TPSA) is 9.23 Å². The lowest BCUT2D eigenvalue weighted by Gasteiger charge is -2.42. The van der Waals surface area contributed by atoms with Crippen LogP contribution in [-0.4, -0.2) is 6.61 Å². The summed E-state index contributed by atoms with van der Waals surface area (Å²) < 4.78 is 58.1. The van der Waals surface area contributed by atoms with Gasteiger partial charge in [0.25, 0.3) is 0 Å². The number of hydrogen-bond acceptors (Lipinski definition) is 1. The second-order valence-corrected chi connectivity index (χ2v) is 9.59. The minimum Gasteiger partial charge on any atom is -0.432 e. The van der Waals surface area contributed by atoms with Gasteiger partial charge in [-0.3, -0.25) is 0 Å². The molecule has 4 atom stereocenters. The Morgan fingerprint density at radius 2 is 1.68 bits per heavy atom. The first-order valence-electron chi connectivity index (χ1n) is 11.8. The summed E-state index contributed by atoms with van der Waals surface area (Å²) in [6, 6.07) is 5.47. The van der Waals surface area contributed by atoms with Gasteiger partial charge in [-0.05, 0) is 84.9 Å². The zero-order valence-corrected chi connectivity index (χ0v) is 18.2. The van der Waals surface area contributed by atoms with Crippen molar-refractivity contribution < 1.29 is 22.3 Å². The molecule has 0 saturated heterocycles. The second kappa shape index (κ2) is 9.79. The number of rotatable bonds is 7. The van der Waals surface area contributed by atoms with E-state index in [1.54, 1.807) is 0 Å². The van der Waals surface area contributed by atoms with Crippen molar-refractivity contribution >= 4 is 10.8 Å². The summed E-state index contributed by atoms with van der Waals surface area (Å²) in [5, 5.41) is 0.512. The summed E-state index contributed by atoms with van der Waals surface area (Å²) in [4.78, 5) is 0. The molecule has 0 radical (unpaired) electrons. The van der Waals surface area contributed by atoms with Crippen LogP contribution in [0, 0.1) is 29.4 Å². The predicted octanol–water partition coefficient (Wildman–Crippen LogP) is 8.60. The van der Waals surface area contributed by atoms with Gasteiger partial charge in [0.05, 0.1) is 0 Å². The molecule has 2 aliphatic carbocycles. The van der Waals surface area contributed by atoms with Crippen molar-refractivity contribution in [3.8, 4) is 5.75 Å². The molecule has 0 bridgehead atoms. The first-order chi connectivity index (χ1) is 14.9. The lowest BCUT2D eigenvalue weighted by atomic mass is 9.63. The number of benzene rings is 2. The fourth-order valence-electron chi connectivity index (χ4n) is 6.00. The van der Waals surface area contributed by atoms with Crippen molar-refractivity contribution in [1.82, 2.24) is 0 Å². The van der Waals surface area contributed by atoms with Gasteiger partial charge >= 0.3 is 6.61 Å². The number of hydrogen-bond donors (Lipinski definition) is 0. The van der Waals surface area contributed by atoms with Crippen LogP contribution >= 0.6 is 0 Å². The molecule has 0 aromatic heterocycles. The molecule has 0 heterocycles. The van der Waals surface area contributed by atoms with Crippen LogP contribution in [-0.2, 0) is 0 Å². The third-order valence-electron chi connectivity index (χ3n) is 7.60. The van der Waals surface area contributed by atoms with Crippen LogP contribution in [0.5, 0.6) is 5.75 Å². The van der Waals surface area contributed by atoms with E-state index in [0.29, 0.717) is 11.3 Å². The van der Waals surface area contributed by atoms with E-state index < -0.39 is 24.0 Å². The molecular weight excluding hydrogens is 404 g/mol. The molecule has 170 valence electrons. The first-order valence-corrected chi connectivity index (χ1v) is 11.8. The first kappa shape index (κ1) is 22.4. The van der Waals surface area contributed by atoms with Crippen molar-refractivity contribution in [1.29, 1.82) is 0 Å². The quantitative estimate of drug-likeness (QED) is 0.312. The fraction of sp³-hybridized carbons (Fsp3) is 0.615. The molecule has 0 spiro atoms. The zero-order chi connectivity index (χ0) is 22.0. The lowest BCUT2D eigenvalue weighted by molar-refractivity contribution is -0.0520. The molecule has 0 N–H and O–H groups in total. The average molecular weight is 437 g/mol. The highest BCUT2D eigenvalue weighted by Crippen LogP contribution is 2.49. The van der Waals surface area contributed by atoms with E-state index in [0.717, 1.165) is 42.4 Å². The van der Waals surface area contributed by atoms with Crippen LogP contribution < -0.4 is 4.74 Å². The minimum atomic E-state index is -3.15. The predicted molar refractivity (Wildman–Crippen MR) is 116 cm³/mol. The van der Waals surface area contributed by atoms with E-state index >= 15 is 0 Å². The second-order valence-electron chi connectivity index (χ2n) is 9.59. The minimum absolute atomic E-state index is 0.113. The van der Waals surface area contributed by atoms with Crippen molar-refractivity contribution in [2.75, 3.05) is 0 Å². The van der Waals surface area contributed by atoms with E-state index in [-0.39, 0.29) is 11.3 Å². The third-order valence-corrected chi connectivity index (χ3v) is 7.60. The molecule has 0 amide bonds. The molecular formula is C26H32F4O. The summed E-state index contributed by atoms with van der Waals surface area (Å²) >= 11 is 0.